The molecule has 0 saturated carbocycles. The van der Waals surface area contributed by atoms with Crippen LogP contribution in [0.1, 0.15) is 0 Å². The highest BCUT2D eigenvalue weighted by Gasteiger charge is 2.32. The van der Waals surface area contributed by atoms with Gasteiger partial charge < -0.3 is 15.0 Å². The number of rotatable bonds is 4. The predicted octanol–water partition coefficient (Wildman–Crippen LogP) is 2.09. The van der Waals surface area contributed by atoms with E-state index in [0.29, 0.717) is 0 Å². The van der Waals surface area contributed by atoms with E-state index in [1.54, 1.807) is 19.0 Å². The van der Waals surface area contributed by atoms with E-state index >= 15 is 0 Å². The van der Waals surface area contributed by atoms with Gasteiger partial charge in [-0.3, -0.25) is 4.79 Å². The molecule has 1 aromatic carbocycles. The van der Waals surface area contributed by atoms with Gasteiger partial charge >= 0.3 is 6.36 Å². The number of likely N-dealkylation sites (N-methyl/N-ethyl adjacent to an activating group) is 1. The van der Waals surface area contributed by atoms with Crippen LogP contribution < -0.4 is 10.1 Å². The molecule has 1 N–H and O–H groups in total. The van der Waals surface area contributed by atoms with Gasteiger partial charge in [0, 0.05) is 0 Å². The van der Waals surface area contributed by atoms with Crippen molar-refractivity contribution in [3.05, 3.63) is 24.3 Å². The molecule has 1 amide bonds. The molecular formula is C11H13F3N2O2. The Balaban J connectivity index is 2.79. The largest absolute Gasteiger partial charge is 0.573 e. The average Bonchev–Trinajstić information content (AvgIpc) is 2.17. The van der Waals surface area contributed by atoms with E-state index < -0.39 is 18.0 Å². The SMILES string of the molecule is CN(C)CC(=O)Nc1ccccc1OC(F)(F)F. The van der Waals surface area contributed by atoms with Crippen molar-refractivity contribution in [1.29, 1.82) is 0 Å². The molecule has 0 bridgehead atoms. The topological polar surface area (TPSA) is 41.6 Å². The molecule has 0 saturated heterocycles. The summed E-state index contributed by atoms with van der Waals surface area (Å²) in [6.45, 7) is 0.0698. The van der Waals surface area contributed by atoms with E-state index in [0.717, 1.165) is 6.07 Å². The molecule has 0 radical (unpaired) electrons. The van der Waals surface area contributed by atoms with Gasteiger partial charge in [0.05, 0.1) is 12.2 Å². The van der Waals surface area contributed by atoms with Crippen LogP contribution in [0.2, 0.25) is 0 Å². The van der Waals surface area contributed by atoms with Gasteiger partial charge in [-0.1, -0.05) is 12.1 Å². The Hall–Kier alpha value is -1.76. The quantitative estimate of drug-likeness (QED) is 0.903. The number of amides is 1. The van der Waals surface area contributed by atoms with Crippen molar-refractivity contribution in [2.24, 2.45) is 0 Å². The lowest BCUT2D eigenvalue weighted by molar-refractivity contribution is -0.274. The predicted molar refractivity (Wildman–Crippen MR) is 60.3 cm³/mol. The van der Waals surface area contributed by atoms with Gasteiger partial charge in [-0.2, -0.15) is 0 Å². The summed E-state index contributed by atoms with van der Waals surface area (Å²) in [6, 6.07) is 5.38. The maximum atomic E-state index is 12.1. The van der Waals surface area contributed by atoms with E-state index in [1.165, 1.54) is 18.2 Å². The second-order valence-corrected chi connectivity index (χ2v) is 3.83. The third kappa shape index (κ3) is 5.05. The molecule has 7 heteroatoms. The maximum absolute atomic E-state index is 12.1. The fourth-order valence-corrected chi connectivity index (χ4v) is 1.26. The van der Waals surface area contributed by atoms with E-state index in [4.69, 9.17) is 0 Å². The molecule has 100 valence electrons. The molecule has 18 heavy (non-hydrogen) atoms. The Bertz CT molecular complexity index is 419. The smallest absolute Gasteiger partial charge is 0.404 e. The molecule has 0 aliphatic carbocycles. The van der Waals surface area contributed by atoms with Crippen LogP contribution in [0.4, 0.5) is 18.9 Å². The number of para-hydroxylation sites is 2. The average molecular weight is 262 g/mol. The summed E-state index contributed by atoms with van der Waals surface area (Å²) in [6.07, 6.45) is -4.79. The normalized spacial score (nSPS) is 11.4. The zero-order chi connectivity index (χ0) is 13.8. The fraction of sp³-hybridized carbons (Fsp3) is 0.364. The summed E-state index contributed by atoms with van der Waals surface area (Å²) >= 11 is 0. The number of nitrogens with one attached hydrogen (secondary N) is 1. The first-order valence-electron chi connectivity index (χ1n) is 5.07. The Morgan fingerprint density at radius 1 is 1.33 bits per heavy atom. The number of benzene rings is 1. The monoisotopic (exact) mass is 262 g/mol. The van der Waals surface area contributed by atoms with Gasteiger partial charge in [0.1, 0.15) is 0 Å². The van der Waals surface area contributed by atoms with Gasteiger partial charge in [-0.15, -0.1) is 13.2 Å². The van der Waals surface area contributed by atoms with Crippen LogP contribution in [0.15, 0.2) is 24.3 Å². The standard InChI is InChI=1S/C11H13F3N2O2/c1-16(2)7-10(17)15-8-5-3-4-6-9(8)18-11(12,13)14/h3-6H,7H2,1-2H3,(H,15,17). The number of hydrogen-bond acceptors (Lipinski definition) is 3. The van der Waals surface area contributed by atoms with E-state index in [1.807, 2.05) is 0 Å². The number of carbonyl (C=O) groups is 1. The molecule has 0 heterocycles. The molecule has 1 rings (SSSR count). The first-order chi connectivity index (χ1) is 8.28. The van der Waals surface area contributed by atoms with Crippen molar-refractivity contribution in [3.8, 4) is 5.75 Å². The molecule has 4 nitrogen and oxygen atoms in total. The first kappa shape index (κ1) is 14.3. The highest BCUT2D eigenvalue weighted by molar-refractivity contribution is 5.93. The number of alkyl halides is 3. The lowest BCUT2D eigenvalue weighted by Gasteiger charge is -2.15. The lowest BCUT2D eigenvalue weighted by Crippen LogP contribution is -2.27. The Morgan fingerprint density at radius 2 is 1.94 bits per heavy atom. The van der Waals surface area contributed by atoms with E-state index in [2.05, 4.69) is 10.1 Å². The van der Waals surface area contributed by atoms with E-state index in [-0.39, 0.29) is 12.2 Å². The Labute approximate surface area is 102 Å². The van der Waals surface area contributed by atoms with Gasteiger partial charge in [-0.05, 0) is 26.2 Å². The first-order valence-corrected chi connectivity index (χ1v) is 5.07. The Kier molecular flexibility index (Phi) is 4.55. The van der Waals surface area contributed by atoms with E-state index in [9.17, 15) is 18.0 Å². The molecule has 0 spiro atoms. The minimum absolute atomic E-state index is 0.0123. The number of halogens is 3. The molecule has 0 fully saturated rings. The van der Waals surface area contributed by atoms with Crippen LogP contribution in [0, 0.1) is 0 Å². The van der Waals surface area contributed by atoms with Gasteiger partial charge in [0.15, 0.2) is 5.75 Å². The summed E-state index contributed by atoms with van der Waals surface area (Å²) < 4.78 is 40.2. The number of nitrogens with zero attached hydrogens (tertiary/aromatic N) is 1. The van der Waals surface area contributed by atoms with Gasteiger partial charge in [-0.25, -0.2) is 0 Å². The van der Waals surface area contributed by atoms with Crippen LogP contribution in [-0.2, 0) is 4.79 Å². The van der Waals surface area contributed by atoms with Crippen molar-refractivity contribution >= 4 is 11.6 Å². The van der Waals surface area contributed by atoms with Crippen LogP contribution in [0.3, 0.4) is 0 Å². The lowest BCUT2D eigenvalue weighted by atomic mass is 10.3. The number of carbonyl (C=O) groups excluding carboxylic acids is 1. The second kappa shape index (κ2) is 5.72. The summed E-state index contributed by atoms with van der Waals surface area (Å²) in [5.74, 6) is -0.852. The van der Waals surface area contributed by atoms with Crippen molar-refractivity contribution < 1.29 is 22.7 Å². The minimum Gasteiger partial charge on any atom is -0.404 e. The molecule has 0 aromatic heterocycles. The van der Waals surface area contributed by atoms with Crippen LogP contribution >= 0.6 is 0 Å². The molecule has 1 aromatic rings. The highest BCUT2D eigenvalue weighted by Crippen LogP contribution is 2.29. The van der Waals surface area contributed by atoms with Crippen molar-refractivity contribution in [3.63, 3.8) is 0 Å². The number of anilines is 1. The number of ether oxygens (including phenoxy) is 1. The summed E-state index contributed by atoms with van der Waals surface area (Å²) in [5, 5.41) is 2.36. The summed E-state index contributed by atoms with van der Waals surface area (Å²) in [4.78, 5) is 13.1. The maximum Gasteiger partial charge on any atom is 0.573 e. The molecule has 0 aliphatic rings. The molecular weight excluding hydrogens is 249 g/mol. The van der Waals surface area contributed by atoms with Crippen molar-refractivity contribution in [2.45, 2.75) is 6.36 Å². The van der Waals surface area contributed by atoms with Gasteiger partial charge in [0.2, 0.25) is 5.91 Å². The van der Waals surface area contributed by atoms with Crippen LogP contribution in [0.5, 0.6) is 5.75 Å². The zero-order valence-electron chi connectivity index (χ0n) is 9.91. The summed E-state index contributed by atoms with van der Waals surface area (Å²) in [7, 11) is 3.36. The molecule has 0 unspecified atom stereocenters. The second-order valence-electron chi connectivity index (χ2n) is 3.83. The molecule has 0 aliphatic heterocycles. The van der Waals surface area contributed by atoms with Crippen LogP contribution in [0.25, 0.3) is 0 Å². The van der Waals surface area contributed by atoms with Crippen LogP contribution in [-0.4, -0.2) is 37.8 Å². The summed E-state index contributed by atoms with van der Waals surface area (Å²) in [5.41, 5.74) is -0.0123. The van der Waals surface area contributed by atoms with Crippen molar-refractivity contribution in [1.82, 2.24) is 4.90 Å². The van der Waals surface area contributed by atoms with Crippen molar-refractivity contribution in [2.75, 3.05) is 26.0 Å². The third-order valence-electron chi connectivity index (χ3n) is 1.85. The minimum atomic E-state index is -4.79. The molecule has 0 atom stereocenters. The number of hydrogen-bond donors (Lipinski definition) is 1. The zero-order valence-corrected chi connectivity index (χ0v) is 9.91. The third-order valence-corrected chi connectivity index (χ3v) is 1.85. The highest BCUT2D eigenvalue weighted by atomic mass is 19.4. The Morgan fingerprint density at radius 3 is 2.50 bits per heavy atom. The van der Waals surface area contributed by atoms with Gasteiger partial charge in [0.25, 0.3) is 0 Å². The fourth-order valence-electron chi connectivity index (χ4n) is 1.26.